The van der Waals surface area contributed by atoms with Gasteiger partial charge in [0.15, 0.2) is 5.78 Å². The van der Waals surface area contributed by atoms with E-state index in [1.807, 2.05) is 37.2 Å². The number of amidine groups is 1. The molecular weight excluding hydrogens is 466 g/mol. The number of methoxy groups -OCH3 is 1. The Balaban J connectivity index is 1.99. The molecule has 1 aliphatic rings. The highest BCUT2D eigenvalue weighted by atomic mass is 16.5. The minimum absolute atomic E-state index is 0.0570. The first-order chi connectivity index (χ1) is 17.4. The van der Waals surface area contributed by atoms with Gasteiger partial charge in [0.2, 0.25) is 0 Å². The summed E-state index contributed by atoms with van der Waals surface area (Å²) in [5.74, 6) is 0.795. The molecule has 8 nitrogen and oxygen atoms in total. The van der Waals surface area contributed by atoms with Crippen molar-refractivity contribution in [2.45, 2.75) is 46.6 Å². The van der Waals surface area contributed by atoms with Crippen LogP contribution in [0.15, 0.2) is 24.3 Å². The maximum absolute atomic E-state index is 13.7. The van der Waals surface area contributed by atoms with E-state index >= 15 is 0 Å². The van der Waals surface area contributed by atoms with Gasteiger partial charge in [-0.2, -0.15) is 0 Å². The molecule has 0 aliphatic carbocycles. The second-order valence-corrected chi connectivity index (χ2v) is 10.6. The highest BCUT2D eigenvalue weighted by Gasteiger charge is 2.31. The van der Waals surface area contributed by atoms with Gasteiger partial charge in [0, 0.05) is 63.2 Å². The van der Waals surface area contributed by atoms with Crippen molar-refractivity contribution in [2.75, 3.05) is 57.7 Å². The molecule has 0 saturated heterocycles. The highest BCUT2D eigenvalue weighted by Crippen LogP contribution is 2.40. The van der Waals surface area contributed by atoms with E-state index < -0.39 is 0 Å². The largest absolute Gasteiger partial charge is 0.494 e. The van der Waals surface area contributed by atoms with E-state index in [1.165, 1.54) is 0 Å². The van der Waals surface area contributed by atoms with E-state index in [0.29, 0.717) is 23.2 Å². The zero-order chi connectivity index (χ0) is 27.7. The molecular formula is C29H41N5O3. The summed E-state index contributed by atoms with van der Waals surface area (Å²) in [5.41, 5.74) is 5.19. The van der Waals surface area contributed by atoms with E-state index in [9.17, 15) is 9.59 Å². The smallest absolute Gasteiger partial charge is 0.253 e. The summed E-state index contributed by atoms with van der Waals surface area (Å²) in [5, 5.41) is 11.5. The molecule has 0 radical (unpaired) electrons. The van der Waals surface area contributed by atoms with Gasteiger partial charge in [-0.3, -0.25) is 15.0 Å². The number of fused-ring (bicyclic) bond motifs is 1. The minimum Gasteiger partial charge on any atom is -0.494 e. The van der Waals surface area contributed by atoms with E-state index in [-0.39, 0.29) is 29.5 Å². The predicted molar refractivity (Wildman–Crippen MR) is 151 cm³/mol. The molecule has 8 heteroatoms. The summed E-state index contributed by atoms with van der Waals surface area (Å²) in [6.07, 6.45) is 0. The zero-order valence-electron chi connectivity index (χ0n) is 23.7. The summed E-state index contributed by atoms with van der Waals surface area (Å²) < 4.78 is 5.85. The van der Waals surface area contributed by atoms with Gasteiger partial charge in [-0.1, -0.05) is 20.8 Å². The van der Waals surface area contributed by atoms with Crippen molar-refractivity contribution in [3.05, 3.63) is 52.1 Å². The van der Waals surface area contributed by atoms with Crippen molar-refractivity contribution in [3.63, 3.8) is 0 Å². The number of benzene rings is 2. The van der Waals surface area contributed by atoms with Gasteiger partial charge in [-0.25, -0.2) is 0 Å². The lowest BCUT2D eigenvalue weighted by Gasteiger charge is -2.30. The molecule has 2 aromatic rings. The number of hydrogen-bond donors (Lipinski definition) is 2. The Labute approximate surface area is 221 Å². The van der Waals surface area contributed by atoms with Crippen LogP contribution in [0.5, 0.6) is 5.75 Å². The van der Waals surface area contributed by atoms with E-state index in [0.717, 1.165) is 41.3 Å². The molecule has 0 spiro atoms. The monoisotopic (exact) mass is 507 g/mol. The number of carbonyl (C=O) groups is 2. The fourth-order valence-electron chi connectivity index (χ4n) is 4.87. The molecule has 0 aromatic heterocycles. The van der Waals surface area contributed by atoms with Crippen molar-refractivity contribution in [2.24, 2.45) is 0 Å². The SMILES string of the molecule is CCN(CC)c1cc(C(=O)CN2Cc3cc(N(C)C)c(C(=O)NC)cc3C2=N)cc(C(C)(C)C)c1OC. The molecule has 1 heterocycles. The molecule has 2 aromatic carbocycles. The standard InChI is InChI=1S/C29H41N5O3/c1-10-33(11-2)24-13-18(12-22(26(24)37-9)29(3,4)5)25(35)17-34-16-19-14-23(32(7)8)21(28(36)31-6)15-20(19)27(34)30/h12-15,30H,10-11,16-17H2,1-9H3,(H,31,36). The summed E-state index contributed by atoms with van der Waals surface area (Å²) in [6, 6.07) is 7.57. The number of anilines is 2. The summed E-state index contributed by atoms with van der Waals surface area (Å²) in [7, 11) is 7.05. The topological polar surface area (TPSA) is 89.0 Å². The van der Waals surface area contributed by atoms with Crippen molar-refractivity contribution < 1.29 is 14.3 Å². The molecule has 0 bridgehead atoms. The Morgan fingerprint density at radius 3 is 2.24 bits per heavy atom. The predicted octanol–water partition coefficient (Wildman–Crippen LogP) is 4.29. The number of carbonyl (C=O) groups excluding carboxylic acids is 2. The Bertz CT molecular complexity index is 1210. The number of rotatable bonds is 9. The Morgan fingerprint density at radius 2 is 1.73 bits per heavy atom. The second kappa shape index (κ2) is 10.8. The number of Topliss-reactive ketones (excluding diaryl/α,β-unsaturated/α-hetero) is 1. The quantitative estimate of drug-likeness (QED) is 0.493. The number of hydrogen-bond acceptors (Lipinski definition) is 6. The molecule has 1 aliphatic heterocycles. The average Bonchev–Trinajstić information content (AvgIpc) is 3.16. The fourth-order valence-corrected chi connectivity index (χ4v) is 4.87. The highest BCUT2D eigenvalue weighted by molar-refractivity contribution is 6.08. The Hall–Kier alpha value is -3.55. The Morgan fingerprint density at radius 1 is 1.08 bits per heavy atom. The van der Waals surface area contributed by atoms with Gasteiger partial charge in [0.05, 0.1) is 24.9 Å². The van der Waals surface area contributed by atoms with Crippen LogP contribution in [0.1, 0.15) is 72.0 Å². The number of nitrogens with one attached hydrogen (secondary N) is 2. The molecule has 0 atom stereocenters. The van der Waals surface area contributed by atoms with Gasteiger partial charge < -0.3 is 24.8 Å². The third-order valence-corrected chi connectivity index (χ3v) is 6.95. The number of nitrogens with zero attached hydrogens (tertiary/aromatic N) is 3. The molecule has 37 heavy (non-hydrogen) atoms. The Kier molecular flexibility index (Phi) is 8.20. The third-order valence-electron chi connectivity index (χ3n) is 6.95. The molecule has 1 amide bonds. The molecule has 200 valence electrons. The van der Waals surface area contributed by atoms with Crippen LogP contribution in [0.3, 0.4) is 0 Å². The van der Waals surface area contributed by atoms with Crippen molar-refractivity contribution in [3.8, 4) is 5.75 Å². The number of amides is 1. The van der Waals surface area contributed by atoms with Crippen molar-refractivity contribution in [1.29, 1.82) is 5.41 Å². The fraction of sp³-hybridized carbons (Fsp3) is 0.483. The molecule has 0 saturated carbocycles. The molecule has 0 fully saturated rings. The summed E-state index contributed by atoms with van der Waals surface area (Å²) in [4.78, 5) is 32.0. The first-order valence-electron chi connectivity index (χ1n) is 12.8. The number of ether oxygens (including phenoxy) is 1. The third kappa shape index (κ3) is 5.43. The molecule has 2 N–H and O–H groups in total. The zero-order valence-corrected chi connectivity index (χ0v) is 23.7. The van der Waals surface area contributed by atoms with Crippen LogP contribution >= 0.6 is 0 Å². The van der Waals surface area contributed by atoms with Crippen LogP contribution in [-0.4, -0.2) is 70.3 Å². The number of ketones is 1. The first-order valence-corrected chi connectivity index (χ1v) is 12.8. The van der Waals surface area contributed by atoms with Gasteiger partial charge >= 0.3 is 0 Å². The van der Waals surface area contributed by atoms with Crippen LogP contribution in [0.2, 0.25) is 0 Å². The molecule has 0 unspecified atom stereocenters. The normalized spacial score (nSPS) is 12.9. The van der Waals surface area contributed by atoms with Crippen molar-refractivity contribution >= 4 is 28.9 Å². The van der Waals surface area contributed by atoms with Gasteiger partial charge in [0.25, 0.3) is 5.91 Å². The van der Waals surface area contributed by atoms with Gasteiger partial charge in [-0.05, 0) is 49.1 Å². The second-order valence-electron chi connectivity index (χ2n) is 10.6. The lowest BCUT2D eigenvalue weighted by Crippen LogP contribution is -2.31. The molecule has 3 rings (SSSR count). The van der Waals surface area contributed by atoms with Crippen LogP contribution in [0.4, 0.5) is 11.4 Å². The van der Waals surface area contributed by atoms with Crippen LogP contribution in [0, 0.1) is 5.41 Å². The van der Waals surface area contributed by atoms with Gasteiger partial charge in [0.1, 0.15) is 11.6 Å². The van der Waals surface area contributed by atoms with Crippen LogP contribution < -0.4 is 19.9 Å². The average molecular weight is 508 g/mol. The van der Waals surface area contributed by atoms with Crippen LogP contribution in [0.25, 0.3) is 0 Å². The minimum atomic E-state index is -0.223. The van der Waals surface area contributed by atoms with E-state index in [1.54, 1.807) is 25.1 Å². The summed E-state index contributed by atoms with van der Waals surface area (Å²) in [6.45, 7) is 12.6. The van der Waals surface area contributed by atoms with E-state index in [4.69, 9.17) is 10.1 Å². The lowest BCUT2D eigenvalue weighted by atomic mass is 9.84. The lowest BCUT2D eigenvalue weighted by molar-refractivity contribution is 0.0955. The van der Waals surface area contributed by atoms with Gasteiger partial charge in [-0.15, -0.1) is 0 Å². The van der Waals surface area contributed by atoms with E-state index in [2.05, 4.69) is 44.8 Å². The maximum Gasteiger partial charge on any atom is 0.253 e. The summed E-state index contributed by atoms with van der Waals surface area (Å²) >= 11 is 0. The first kappa shape index (κ1) is 28.0. The maximum atomic E-state index is 13.7. The van der Waals surface area contributed by atoms with Crippen LogP contribution in [-0.2, 0) is 12.0 Å². The van der Waals surface area contributed by atoms with Crippen molar-refractivity contribution in [1.82, 2.24) is 10.2 Å².